The van der Waals surface area contributed by atoms with E-state index < -0.39 is 10.0 Å². The molecule has 0 saturated heterocycles. The summed E-state index contributed by atoms with van der Waals surface area (Å²) in [4.78, 5) is 2.44. The highest BCUT2D eigenvalue weighted by atomic mass is 35.5. The maximum atomic E-state index is 12.6. The fraction of sp³-hybridized carbons (Fsp3) is 0. The molecule has 0 fully saturated rings. The molecule has 1 N–H and O–H groups in total. The maximum absolute atomic E-state index is 12.6. The lowest BCUT2D eigenvalue weighted by Gasteiger charge is -2.07. The molecule has 4 rings (SSSR count). The summed E-state index contributed by atoms with van der Waals surface area (Å²) in [6.07, 6.45) is 3.33. The summed E-state index contributed by atoms with van der Waals surface area (Å²) in [5.41, 5.74) is 1.62. The van der Waals surface area contributed by atoms with Gasteiger partial charge in [0.05, 0.1) is 16.8 Å². The van der Waals surface area contributed by atoms with E-state index in [0.717, 1.165) is 22.2 Å². The Kier molecular flexibility index (Phi) is 4.90. The monoisotopic (exact) mass is 409 g/mol. The number of halogens is 1. The van der Waals surface area contributed by atoms with E-state index in [2.05, 4.69) is 9.93 Å². The SMILES string of the molecule is O=S(=O)(NN=Cc1cccn1-c1ccc(Cl)cc1)c1ccc2ccccc2c1. The average molecular weight is 410 g/mol. The molecule has 4 aromatic rings. The van der Waals surface area contributed by atoms with E-state index in [9.17, 15) is 8.42 Å². The van der Waals surface area contributed by atoms with Gasteiger partial charge in [0.2, 0.25) is 0 Å². The van der Waals surface area contributed by atoms with Crippen LogP contribution in [0.1, 0.15) is 5.69 Å². The first-order valence-electron chi connectivity index (χ1n) is 8.50. The summed E-state index contributed by atoms with van der Waals surface area (Å²) < 4.78 is 27.0. The lowest BCUT2D eigenvalue weighted by Crippen LogP contribution is -2.18. The Morgan fingerprint density at radius 2 is 1.64 bits per heavy atom. The normalized spacial score (nSPS) is 11.9. The minimum Gasteiger partial charge on any atom is -0.316 e. The van der Waals surface area contributed by atoms with Crippen LogP contribution in [0, 0.1) is 0 Å². The van der Waals surface area contributed by atoms with Gasteiger partial charge in [-0.3, -0.25) is 0 Å². The van der Waals surface area contributed by atoms with Gasteiger partial charge in [0, 0.05) is 16.9 Å². The molecule has 0 atom stereocenters. The predicted octanol–water partition coefficient (Wildman–Crippen LogP) is 4.60. The number of hydrogen-bond acceptors (Lipinski definition) is 3. The zero-order chi connectivity index (χ0) is 19.6. The zero-order valence-electron chi connectivity index (χ0n) is 14.7. The molecule has 1 heterocycles. The largest absolute Gasteiger partial charge is 0.316 e. The molecular formula is C21H16ClN3O2S. The topological polar surface area (TPSA) is 63.5 Å². The van der Waals surface area contributed by atoms with Crippen LogP contribution in [0.4, 0.5) is 0 Å². The average Bonchev–Trinajstić information content (AvgIpc) is 3.16. The summed E-state index contributed by atoms with van der Waals surface area (Å²) in [5.74, 6) is 0. The number of nitrogens with zero attached hydrogens (tertiary/aromatic N) is 2. The first-order chi connectivity index (χ1) is 13.5. The highest BCUT2D eigenvalue weighted by Gasteiger charge is 2.13. The first-order valence-corrected chi connectivity index (χ1v) is 10.4. The van der Waals surface area contributed by atoms with Crippen LogP contribution in [0.2, 0.25) is 5.02 Å². The number of sulfonamides is 1. The van der Waals surface area contributed by atoms with Gasteiger partial charge < -0.3 is 4.57 Å². The molecule has 140 valence electrons. The maximum Gasteiger partial charge on any atom is 0.276 e. The van der Waals surface area contributed by atoms with Crippen LogP contribution in [0.15, 0.2) is 95.1 Å². The Bertz CT molecular complexity index is 1260. The molecule has 0 aliphatic carbocycles. The van der Waals surface area contributed by atoms with Crippen molar-refractivity contribution in [3.63, 3.8) is 0 Å². The van der Waals surface area contributed by atoms with Gasteiger partial charge in [0.15, 0.2) is 0 Å². The highest BCUT2D eigenvalue weighted by Crippen LogP contribution is 2.19. The fourth-order valence-corrected chi connectivity index (χ4v) is 3.84. The van der Waals surface area contributed by atoms with Crippen LogP contribution < -0.4 is 4.83 Å². The van der Waals surface area contributed by atoms with Crippen molar-refractivity contribution >= 4 is 38.6 Å². The number of nitrogens with one attached hydrogen (secondary N) is 1. The zero-order valence-corrected chi connectivity index (χ0v) is 16.2. The summed E-state index contributed by atoms with van der Waals surface area (Å²) in [6.45, 7) is 0. The Hall–Kier alpha value is -3.09. The molecule has 0 radical (unpaired) electrons. The number of hydrazone groups is 1. The molecule has 7 heteroatoms. The standard InChI is InChI=1S/C21H16ClN3O2S/c22-18-8-10-19(11-9-18)25-13-3-6-20(25)15-23-24-28(26,27)21-12-7-16-4-1-2-5-17(16)14-21/h1-15,24H. The van der Waals surface area contributed by atoms with Crippen molar-refractivity contribution in [1.82, 2.24) is 9.40 Å². The molecule has 0 saturated carbocycles. The van der Waals surface area contributed by atoms with Crippen molar-refractivity contribution in [3.05, 3.63) is 95.8 Å². The fourth-order valence-electron chi connectivity index (χ4n) is 2.89. The molecule has 0 aliphatic heterocycles. The van der Waals surface area contributed by atoms with Gasteiger partial charge in [-0.25, -0.2) is 4.83 Å². The lowest BCUT2D eigenvalue weighted by atomic mass is 10.1. The minimum absolute atomic E-state index is 0.163. The molecule has 0 amide bonds. The van der Waals surface area contributed by atoms with Gasteiger partial charge in [0.1, 0.15) is 0 Å². The van der Waals surface area contributed by atoms with Crippen molar-refractivity contribution in [3.8, 4) is 5.69 Å². The van der Waals surface area contributed by atoms with Crippen LogP contribution >= 0.6 is 11.6 Å². The number of rotatable bonds is 5. The second-order valence-electron chi connectivity index (χ2n) is 6.14. The second kappa shape index (κ2) is 7.50. The quantitative estimate of drug-likeness (QED) is 0.387. The summed E-state index contributed by atoms with van der Waals surface area (Å²) >= 11 is 5.93. The van der Waals surface area contributed by atoms with E-state index >= 15 is 0 Å². The van der Waals surface area contributed by atoms with Gasteiger partial charge in [-0.1, -0.05) is 41.9 Å². The van der Waals surface area contributed by atoms with E-state index in [1.165, 1.54) is 6.21 Å². The second-order valence-corrected chi connectivity index (χ2v) is 8.24. The van der Waals surface area contributed by atoms with E-state index in [-0.39, 0.29) is 4.90 Å². The Labute approximate surface area is 167 Å². The number of benzene rings is 3. The van der Waals surface area contributed by atoms with Gasteiger partial charge >= 0.3 is 0 Å². The van der Waals surface area contributed by atoms with Crippen molar-refractivity contribution < 1.29 is 8.42 Å². The van der Waals surface area contributed by atoms with Crippen LogP contribution in [0.3, 0.4) is 0 Å². The summed E-state index contributed by atoms with van der Waals surface area (Å²) in [7, 11) is -3.76. The van der Waals surface area contributed by atoms with Gasteiger partial charge in [-0.05, 0) is 59.3 Å². The lowest BCUT2D eigenvalue weighted by molar-refractivity contribution is 0.585. The summed E-state index contributed by atoms with van der Waals surface area (Å²) in [6, 6.07) is 23.6. The summed E-state index contributed by atoms with van der Waals surface area (Å²) in [5, 5.41) is 6.41. The Balaban J connectivity index is 1.56. The van der Waals surface area contributed by atoms with Crippen molar-refractivity contribution in [2.24, 2.45) is 5.10 Å². The number of aromatic nitrogens is 1. The third-order valence-corrected chi connectivity index (χ3v) is 5.76. The van der Waals surface area contributed by atoms with E-state index in [1.54, 1.807) is 30.3 Å². The van der Waals surface area contributed by atoms with Crippen LogP contribution in [-0.4, -0.2) is 19.2 Å². The van der Waals surface area contributed by atoms with E-state index in [4.69, 9.17) is 11.6 Å². The molecular weight excluding hydrogens is 394 g/mol. The van der Waals surface area contributed by atoms with Crippen LogP contribution in [0.25, 0.3) is 16.5 Å². The Morgan fingerprint density at radius 3 is 2.43 bits per heavy atom. The van der Waals surface area contributed by atoms with Crippen molar-refractivity contribution in [1.29, 1.82) is 0 Å². The smallest absolute Gasteiger partial charge is 0.276 e. The Morgan fingerprint density at radius 1 is 0.893 bits per heavy atom. The van der Waals surface area contributed by atoms with Gasteiger partial charge in [0.25, 0.3) is 10.0 Å². The molecule has 5 nitrogen and oxygen atoms in total. The van der Waals surface area contributed by atoms with Crippen LogP contribution in [0.5, 0.6) is 0 Å². The molecule has 28 heavy (non-hydrogen) atoms. The first kappa shape index (κ1) is 18.3. The van der Waals surface area contributed by atoms with Crippen LogP contribution in [-0.2, 0) is 10.0 Å². The molecule has 0 unspecified atom stereocenters. The number of hydrogen-bond donors (Lipinski definition) is 1. The third kappa shape index (κ3) is 3.78. The van der Waals surface area contributed by atoms with E-state index in [0.29, 0.717) is 5.02 Å². The molecule has 1 aromatic heterocycles. The van der Waals surface area contributed by atoms with E-state index in [1.807, 2.05) is 59.3 Å². The molecule has 0 spiro atoms. The molecule has 0 aliphatic rings. The molecule has 0 bridgehead atoms. The van der Waals surface area contributed by atoms with Crippen molar-refractivity contribution in [2.45, 2.75) is 4.90 Å². The van der Waals surface area contributed by atoms with Gasteiger partial charge in [-0.2, -0.15) is 13.5 Å². The number of fused-ring (bicyclic) bond motifs is 1. The van der Waals surface area contributed by atoms with Gasteiger partial charge in [-0.15, -0.1) is 0 Å². The highest BCUT2D eigenvalue weighted by molar-refractivity contribution is 7.89. The third-order valence-electron chi connectivity index (χ3n) is 4.29. The van der Waals surface area contributed by atoms with Crippen molar-refractivity contribution in [2.75, 3.05) is 0 Å². The minimum atomic E-state index is -3.76. The molecule has 3 aromatic carbocycles. The predicted molar refractivity (Wildman–Crippen MR) is 113 cm³/mol.